The van der Waals surface area contributed by atoms with Crippen LogP contribution in [0.3, 0.4) is 0 Å². The van der Waals surface area contributed by atoms with Gasteiger partial charge in [0.05, 0.1) is 12.1 Å². The molecular formula is C12H22N2O2. The lowest BCUT2D eigenvalue weighted by Crippen LogP contribution is -2.63. The summed E-state index contributed by atoms with van der Waals surface area (Å²) in [5.41, 5.74) is -0.0230. The van der Waals surface area contributed by atoms with Crippen molar-refractivity contribution in [2.75, 3.05) is 32.8 Å². The molecule has 0 aliphatic carbocycles. The zero-order chi connectivity index (χ0) is 11.6. The molecule has 0 radical (unpaired) electrons. The highest BCUT2D eigenvalue weighted by Crippen LogP contribution is 2.30. The molecule has 0 aromatic rings. The van der Waals surface area contributed by atoms with Crippen LogP contribution in [0.1, 0.15) is 26.7 Å². The van der Waals surface area contributed by atoms with Crippen LogP contribution in [0.15, 0.2) is 0 Å². The van der Waals surface area contributed by atoms with E-state index in [2.05, 4.69) is 24.1 Å². The lowest BCUT2D eigenvalue weighted by atomic mass is 9.85. The minimum atomic E-state index is -0.0230. The number of carbonyl (C=O) groups excluding carboxylic acids is 1. The third kappa shape index (κ3) is 2.23. The van der Waals surface area contributed by atoms with Crippen molar-refractivity contribution in [3.63, 3.8) is 0 Å². The SMILES string of the molecule is CC(C)CN1C(=O)COCC12CCNCC2. The fraction of sp³-hybridized carbons (Fsp3) is 0.917. The molecule has 1 amide bonds. The largest absolute Gasteiger partial charge is 0.369 e. The maximum atomic E-state index is 12.0. The molecule has 0 saturated carbocycles. The summed E-state index contributed by atoms with van der Waals surface area (Å²) in [7, 11) is 0. The first-order valence-corrected chi connectivity index (χ1v) is 6.23. The van der Waals surface area contributed by atoms with Crippen LogP contribution in [-0.4, -0.2) is 49.2 Å². The van der Waals surface area contributed by atoms with Crippen molar-refractivity contribution in [2.24, 2.45) is 5.92 Å². The zero-order valence-corrected chi connectivity index (χ0v) is 10.3. The number of hydrogen-bond donors (Lipinski definition) is 1. The maximum Gasteiger partial charge on any atom is 0.249 e. The second-order valence-electron chi connectivity index (χ2n) is 5.37. The quantitative estimate of drug-likeness (QED) is 0.750. The van der Waals surface area contributed by atoms with Gasteiger partial charge in [0.25, 0.3) is 0 Å². The summed E-state index contributed by atoms with van der Waals surface area (Å²) < 4.78 is 5.47. The van der Waals surface area contributed by atoms with Gasteiger partial charge in [-0.05, 0) is 31.8 Å². The fourth-order valence-electron chi connectivity index (χ4n) is 2.72. The third-order valence-electron chi connectivity index (χ3n) is 3.55. The van der Waals surface area contributed by atoms with Crippen molar-refractivity contribution < 1.29 is 9.53 Å². The number of amides is 1. The van der Waals surface area contributed by atoms with E-state index in [0.717, 1.165) is 32.5 Å². The molecule has 4 heteroatoms. The van der Waals surface area contributed by atoms with Gasteiger partial charge in [-0.25, -0.2) is 0 Å². The minimum absolute atomic E-state index is 0.0230. The number of ether oxygens (including phenoxy) is 1. The summed E-state index contributed by atoms with van der Waals surface area (Å²) in [6.45, 7) is 8.16. The maximum absolute atomic E-state index is 12.0. The van der Waals surface area contributed by atoms with E-state index < -0.39 is 0 Å². The smallest absolute Gasteiger partial charge is 0.249 e. The van der Waals surface area contributed by atoms with E-state index in [0.29, 0.717) is 12.5 Å². The molecule has 1 N–H and O–H groups in total. The topological polar surface area (TPSA) is 41.6 Å². The number of piperidine rings is 1. The Kier molecular flexibility index (Phi) is 3.50. The molecule has 2 saturated heterocycles. The zero-order valence-electron chi connectivity index (χ0n) is 10.3. The number of rotatable bonds is 2. The highest BCUT2D eigenvalue weighted by atomic mass is 16.5. The van der Waals surface area contributed by atoms with Gasteiger partial charge in [-0.15, -0.1) is 0 Å². The molecule has 0 bridgehead atoms. The first-order chi connectivity index (χ1) is 7.64. The lowest BCUT2D eigenvalue weighted by Gasteiger charge is -2.49. The third-order valence-corrected chi connectivity index (χ3v) is 3.55. The molecule has 0 atom stereocenters. The lowest BCUT2D eigenvalue weighted by molar-refractivity contribution is -0.162. The predicted octanol–water partition coefficient (Wildman–Crippen LogP) is 0.623. The Morgan fingerprint density at radius 1 is 1.44 bits per heavy atom. The molecular weight excluding hydrogens is 204 g/mol. The van der Waals surface area contributed by atoms with Gasteiger partial charge < -0.3 is 15.0 Å². The Morgan fingerprint density at radius 2 is 2.12 bits per heavy atom. The summed E-state index contributed by atoms with van der Waals surface area (Å²) >= 11 is 0. The van der Waals surface area contributed by atoms with Crippen molar-refractivity contribution in [1.29, 1.82) is 0 Å². The van der Waals surface area contributed by atoms with Gasteiger partial charge in [0.2, 0.25) is 5.91 Å². The highest BCUT2D eigenvalue weighted by molar-refractivity contribution is 5.79. The summed E-state index contributed by atoms with van der Waals surface area (Å²) in [6, 6.07) is 0. The number of morpholine rings is 1. The fourth-order valence-corrected chi connectivity index (χ4v) is 2.72. The second-order valence-corrected chi connectivity index (χ2v) is 5.37. The van der Waals surface area contributed by atoms with Crippen LogP contribution in [0.25, 0.3) is 0 Å². The van der Waals surface area contributed by atoms with E-state index in [-0.39, 0.29) is 18.1 Å². The second kappa shape index (κ2) is 4.72. The minimum Gasteiger partial charge on any atom is -0.369 e. The van der Waals surface area contributed by atoms with Crippen LogP contribution >= 0.6 is 0 Å². The molecule has 2 heterocycles. The Labute approximate surface area is 97.3 Å². The van der Waals surface area contributed by atoms with Crippen LogP contribution in [-0.2, 0) is 9.53 Å². The summed E-state index contributed by atoms with van der Waals surface area (Å²) in [6.07, 6.45) is 2.04. The number of carbonyl (C=O) groups is 1. The molecule has 4 nitrogen and oxygen atoms in total. The van der Waals surface area contributed by atoms with Crippen LogP contribution in [0.5, 0.6) is 0 Å². The van der Waals surface area contributed by atoms with Gasteiger partial charge in [0.15, 0.2) is 0 Å². The van der Waals surface area contributed by atoms with Gasteiger partial charge in [0, 0.05) is 6.54 Å². The molecule has 2 rings (SSSR count). The Morgan fingerprint density at radius 3 is 2.75 bits per heavy atom. The molecule has 16 heavy (non-hydrogen) atoms. The molecule has 2 aliphatic heterocycles. The van der Waals surface area contributed by atoms with Gasteiger partial charge >= 0.3 is 0 Å². The van der Waals surface area contributed by atoms with Gasteiger partial charge in [-0.3, -0.25) is 4.79 Å². The van der Waals surface area contributed by atoms with E-state index in [1.165, 1.54) is 0 Å². The molecule has 1 spiro atoms. The molecule has 0 aromatic heterocycles. The summed E-state index contributed by atoms with van der Waals surface area (Å²) in [4.78, 5) is 14.1. The summed E-state index contributed by atoms with van der Waals surface area (Å²) in [5.74, 6) is 0.690. The standard InChI is InChI=1S/C12H22N2O2/c1-10(2)7-14-11(15)8-16-9-12(14)3-5-13-6-4-12/h10,13H,3-9H2,1-2H3. The normalized spacial score (nSPS) is 25.4. The number of hydrogen-bond acceptors (Lipinski definition) is 3. The Hall–Kier alpha value is -0.610. The first-order valence-electron chi connectivity index (χ1n) is 6.23. The summed E-state index contributed by atoms with van der Waals surface area (Å²) in [5, 5.41) is 3.35. The number of nitrogens with zero attached hydrogens (tertiary/aromatic N) is 1. The first kappa shape index (κ1) is 11.9. The predicted molar refractivity (Wildman–Crippen MR) is 62.2 cm³/mol. The van der Waals surface area contributed by atoms with E-state index in [1.54, 1.807) is 0 Å². The monoisotopic (exact) mass is 226 g/mol. The average molecular weight is 226 g/mol. The van der Waals surface area contributed by atoms with E-state index in [9.17, 15) is 4.79 Å². The van der Waals surface area contributed by atoms with Crippen molar-refractivity contribution in [1.82, 2.24) is 10.2 Å². The highest BCUT2D eigenvalue weighted by Gasteiger charge is 2.43. The van der Waals surface area contributed by atoms with Crippen LogP contribution < -0.4 is 5.32 Å². The molecule has 0 aromatic carbocycles. The molecule has 2 aliphatic rings. The van der Waals surface area contributed by atoms with E-state index >= 15 is 0 Å². The van der Waals surface area contributed by atoms with E-state index in [4.69, 9.17) is 4.74 Å². The average Bonchev–Trinajstić information content (AvgIpc) is 2.25. The van der Waals surface area contributed by atoms with Crippen molar-refractivity contribution in [3.05, 3.63) is 0 Å². The van der Waals surface area contributed by atoms with Crippen molar-refractivity contribution >= 4 is 5.91 Å². The van der Waals surface area contributed by atoms with Gasteiger partial charge in [-0.1, -0.05) is 13.8 Å². The van der Waals surface area contributed by atoms with Crippen molar-refractivity contribution in [3.8, 4) is 0 Å². The molecule has 0 unspecified atom stereocenters. The Balaban J connectivity index is 2.14. The van der Waals surface area contributed by atoms with E-state index in [1.807, 2.05) is 0 Å². The van der Waals surface area contributed by atoms with Gasteiger partial charge in [-0.2, -0.15) is 0 Å². The molecule has 92 valence electrons. The molecule has 2 fully saturated rings. The van der Waals surface area contributed by atoms with Crippen LogP contribution in [0.4, 0.5) is 0 Å². The van der Waals surface area contributed by atoms with Gasteiger partial charge in [0.1, 0.15) is 6.61 Å². The van der Waals surface area contributed by atoms with Crippen molar-refractivity contribution in [2.45, 2.75) is 32.2 Å². The Bertz CT molecular complexity index is 254. The van der Waals surface area contributed by atoms with Crippen LogP contribution in [0, 0.1) is 5.92 Å². The van der Waals surface area contributed by atoms with Crippen LogP contribution in [0.2, 0.25) is 0 Å². The number of nitrogens with one attached hydrogen (secondary N) is 1.